The van der Waals surface area contributed by atoms with E-state index < -0.39 is 0 Å². The minimum Gasteiger partial charge on any atom is -0.490 e. The number of thiazole rings is 1. The van der Waals surface area contributed by atoms with Crippen molar-refractivity contribution in [2.24, 2.45) is 5.10 Å². The molecule has 0 unspecified atom stereocenters. The predicted molar refractivity (Wildman–Crippen MR) is 197 cm³/mol. The Morgan fingerprint density at radius 1 is 0.979 bits per heavy atom. The smallest absolute Gasteiger partial charge is 0.271 e. The van der Waals surface area contributed by atoms with E-state index in [9.17, 15) is 9.59 Å². The van der Waals surface area contributed by atoms with Crippen LogP contribution in [0.2, 0.25) is 0 Å². The summed E-state index contributed by atoms with van der Waals surface area (Å²) in [6.45, 7) is 8.10. The molecular weight excluding hydrogens is 725 g/mol. The highest BCUT2D eigenvalue weighted by Crippen LogP contribution is 2.34. The lowest BCUT2D eigenvalue weighted by Gasteiger charge is -2.15. The molecule has 0 aliphatic carbocycles. The zero-order valence-electron chi connectivity index (χ0n) is 26.4. The molecule has 3 N–H and O–H groups in total. The number of halogens is 1. The number of amides is 2. The molecule has 0 bridgehead atoms. The van der Waals surface area contributed by atoms with E-state index in [0.29, 0.717) is 29.2 Å². The number of aromatic nitrogens is 1. The molecule has 0 saturated carbocycles. The average molecular weight is 760 g/mol. The van der Waals surface area contributed by atoms with Gasteiger partial charge in [0.1, 0.15) is 0 Å². The van der Waals surface area contributed by atoms with Crippen molar-refractivity contribution in [3.63, 3.8) is 0 Å². The van der Waals surface area contributed by atoms with Gasteiger partial charge >= 0.3 is 0 Å². The van der Waals surface area contributed by atoms with Crippen molar-refractivity contribution in [1.29, 1.82) is 0 Å². The van der Waals surface area contributed by atoms with Gasteiger partial charge in [0, 0.05) is 27.9 Å². The van der Waals surface area contributed by atoms with Crippen LogP contribution < -0.4 is 25.5 Å². The number of ether oxygens (including phenoxy) is 2. The molecular formula is C36H34IN5O4S. The number of hydrazone groups is 1. The number of carbonyl (C=O) groups excluding carboxylic acids is 2. The van der Waals surface area contributed by atoms with E-state index in [2.05, 4.69) is 55.7 Å². The van der Waals surface area contributed by atoms with E-state index in [-0.39, 0.29) is 18.4 Å². The lowest BCUT2D eigenvalue weighted by atomic mass is 10.1. The summed E-state index contributed by atoms with van der Waals surface area (Å²) >= 11 is 3.65. The molecule has 0 saturated heterocycles. The molecule has 240 valence electrons. The van der Waals surface area contributed by atoms with Gasteiger partial charge in [0.15, 0.2) is 23.2 Å². The van der Waals surface area contributed by atoms with E-state index >= 15 is 0 Å². The quantitative estimate of drug-likeness (QED) is 0.0671. The first kappa shape index (κ1) is 33.6. The van der Waals surface area contributed by atoms with E-state index in [1.807, 2.05) is 86.8 Å². The second-order valence-corrected chi connectivity index (χ2v) is 12.7. The van der Waals surface area contributed by atoms with Gasteiger partial charge in [-0.25, -0.2) is 10.4 Å². The maximum atomic E-state index is 12.8. The fourth-order valence-electron chi connectivity index (χ4n) is 4.52. The summed E-state index contributed by atoms with van der Waals surface area (Å²) in [7, 11) is 0. The molecule has 2 amide bonds. The lowest BCUT2D eigenvalue weighted by molar-refractivity contribution is -0.118. The number of hydrogen-bond acceptors (Lipinski definition) is 8. The molecule has 5 aromatic rings. The largest absolute Gasteiger partial charge is 0.490 e. The molecule has 9 nitrogen and oxygen atoms in total. The molecule has 4 aromatic carbocycles. The van der Waals surface area contributed by atoms with Crippen molar-refractivity contribution in [3.05, 3.63) is 116 Å². The van der Waals surface area contributed by atoms with Crippen LogP contribution in [-0.4, -0.2) is 36.2 Å². The summed E-state index contributed by atoms with van der Waals surface area (Å²) in [4.78, 5) is 30.1. The number of nitrogens with zero attached hydrogens (tertiary/aromatic N) is 2. The van der Waals surface area contributed by atoms with Gasteiger partial charge in [-0.15, -0.1) is 11.3 Å². The number of rotatable bonds is 12. The Kier molecular flexibility index (Phi) is 11.2. The first-order valence-electron chi connectivity index (χ1n) is 14.9. The van der Waals surface area contributed by atoms with Crippen molar-refractivity contribution in [3.8, 4) is 22.8 Å². The van der Waals surface area contributed by atoms with Crippen LogP contribution in [0.3, 0.4) is 0 Å². The first-order chi connectivity index (χ1) is 22.7. The topological polar surface area (TPSA) is 114 Å². The highest BCUT2D eigenvalue weighted by molar-refractivity contribution is 14.1. The Labute approximate surface area is 291 Å². The Morgan fingerprint density at radius 2 is 1.74 bits per heavy atom. The fourth-order valence-corrected chi connectivity index (χ4v) is 6.04. The number of nitrogens with one attached hydrogen (secondary N) is 3. The van der Waals surface area contributed by atoms with Gasteiger partial charge < -0.3 is 20.1 Å². The van der Waals surface area contributed by atoms with Gasteiger partial charge in [0.25, 0.3) is 11.8 Å². The summed E-state index contributed by atoms with van der Waals surface area (Å²) in [6.07, 6.45) is 1.53. The summed E-state index contributed by atoms with van der Waals surface area (Å²) in [5.74, 6) is 0.316. The van der Waals surface area contributed by atoms with Crippen LogP contribution in [0.1, 0.15) is 39.5 Å². The lowest BCUT2D eigenvalue weighted by Crippen LogP contribution is -2.21. The zero-order chi connectivity index (χ0) is 33.3. The van der Waals surface area contributed by atoms with Crippen LogP contribution in [0.15, 0.2) is 89.3 Å². The fraction of sp³-hybridized carbons (Fsp3) is 0.167. The van der Waals surface area contributed by atoms with E-state index in [0.717, 1.165) is 42.5 Å². The maximum Gasteiger partial charge on any atom is 0.271 e. The molecule has 47 heavy (non-hydrogen) atoms. The number of benzene rings is 4. The summed E-state index contributed by atoms with van der Waals surface area (Å²) in [6, 6.07) is 24.7. The van der Waals surface area contributed by atoms with Crippen LogP contribution >= 0.6 is 33.9 Å². The monoisotopic (exact) mass is 759 g/mol. The molecule has 11 heteroatoms. The number of aryl methyl sites for hydroxylation is 2. The molecule has 1 aromatic heterocycles. The molecule has 0 atom stereocenters. The van der Waals surface area contributed by atoms with E-state index in [1.165, 1.54) is 23.1 Å². The highest BCUT2D eigenvalue weighted by Gasteiger charge is 2.15. The molecule has 0 aliphatic rings. The van der Waals surface area contributed by atoms with Crippen molar-refractivity contribution >= 4 is 68.5 Å². The minimum atomic E-state index is -0.345. The molecule has 0 radical (unpaired) electrons. The summed E-state index contributed by atoms with van der Waals surface area (Å²) in [5.41, 5.74) is 10.5. The first-order valence-corrected chi connectivity index (χ1v) is 16.8. The Morgan fingerprint density at radius 3 is 2.49 bits per heavy atom. The molecule has 0 spiro atoms. The van der Waals surface area contributed by atoms with Gasteiger partial charge in [0.05, 0.1) is 22.1 Å². The third-order valence-electron chi connectivity index (χ3n) is 7.19. The van der Waals surface area contributed by atoms with Gasteiger partial charge in [-0.2, -0.15) is 5.10 Å². The van der Waals surface area contributed by atoms with Crippen LogP contribution in [0.4, 0.5) is 16.5 Å². The number of carbonyl (C=O) groups is 2. The SMILES string of the molecule is CCOc1cc(/C=N/NC(=O)c2ccc(-c3csc(Nc4ccc(C)cc4)n3)cc2)cc(I)c1OCC(=O)Nc1cccc(C)c1C. The minimum absolute atomic E-state index is 0.181. The van der Waals surface area contributed by atoms with Crippen molar-refractivity contribution in [2.45, 2.75) is 27.7 Å². The van der Waals surface area contributed by atoms with Crippen molar-refractivity contribution in [2.75, 3.05) is 23.8 Å². The molecule has 0 fully saturated rings. The second-order valence-electron chi connectivity index (χ2n) is 10.7. The maximum absolute atomic E-state index is 12.8. The average Bonchev–Trinajstić information content (AvgIpc) is 3.52. The third kappa shape index (κ3) is 8.95. The highest BCUT2D eigenvalue weighted by atomic mass is 127. The van der Waals surface area contributed by atoms with Crippen LogP contribution in [0.25, 0.3) is 11.3 Å². The summed E-state index contributed by atoms with van der Waals surface area (Å²) < 4.78 is 12.4. The normalized spacial score (nSPS) is 10.9. The Bertz CT molecular complexity index is 1910. The van der Waals surface area contributed by atoms with Gasteiger partial charge in [0.2, 0.25) is 0 Å². The van der Waals surface area contributed by atoms with E-state index in [1.54, 1.807) is 18.2 Å². The molecule has 1 heterocycles. The predicted octanol–water partition coefficient (Wildman–Crippen LogP) is 8.26. The van der Waals surface area contributed by atoms with Gasteiger partial charge in [-0.05, 0) is 109 Å². The van der Waals surface area contributed by atoms with Gasteiger partial charge in [-0.3, -0.25) is 9.59 Å². The summed E-state index contributed by atoms with van der Waals surface area (Å²) in [5, 5.41) is 13.1. The molecule has 0 aliphatic heterocycles. The zero-order valence-corrected chi connectivity index (χ0v) is 29.4. The van der Waals surface area contributed by atoms with Gasteiger partial charge in [-0.1, -0.05) is 42.0 Å². The molecule has 5 rings (SSSR count). The van der Waals surface area contributed by atoms with Crippen LogP contribution in [0, 0.1) is 24.3 Å². The van der Waals surface area contributed by atoms with Crippen molar-refractivity contribution in [1.82, 2.24) is 10.4 Å². The van der Waals surface area contributed by atoms with Crippen LogP contribution in [-0.2, 0) is 4.79 Å². The third-order valence-corrected chi connectivity index (χ3v) is 8.75. The van der Waals surface area contributed by atoms with Crippen molar-refractivity contribution < 1.29 is 19.1 Å². The second kappa shape index (κ2) is 15.7. The number of hydrogen-bond donors (Lipinski definition) is 3. The standard InChI is InChI=1S/C36H34IN5O4S/c1-5-45-32-18-25(17-29(37)34(32)46-20-33(43)40-30-8-6-7-23(3)24(30)4)19-38-42-35(44)27-13-11-26(12-14-27)31-21-47-36(41-31)39-28-15-9-22(2)10-16-28/h6-19,21H,5,20H2,1-4H3,(H,39,41)(H,40,43)(H,42,44)/b38-19+. The van der Waals surface area contributed by atoms with E-state index in [4.69, 9.17) is 9.47 Å². The number of anilines is 3. The Hall–Kier alpha value is -4.75. The van der Waals surface area contributed by atoms with Crippen LogP contribution in [0.5, 0.6) is 11.5 Å². The Balaban J connectivity index is 1.17.